The second-order valence-corrected chi connectivity index (χ2v) is 16.9. The van der Waals surface area contributed by atoms with Gasteiger partial charge in [0.15, 0.2) is 0 Å². The minimum atomic E-state index is 0.109. The molecule has 0 aromatic heterocycles. The van der Waals surface area contributed by atoms with Crippen LogP contribution in [-0.2, 0) is 10.8 Å². The standard InChI is InChI=1S/C54H46/c1-53(2,3)39-31-27-37(28-32-39)51-45-19-11-7-15-41(45)49(42-16-8-12-20-46(42)51)35-23-25-36(26-24-35)50-43-17-9-13-21-47(43)52(48-22-14-10-18-44(48)50)38-29-33-40(34-30-38)54(4,5)6/h7-34H,1-6H3. The van der Waals surface area contributed by atoms with E-state index < -0.39 is 0 Å². The smallest absolute Gasteiger partial charge is 0.00264 e. The summed E-state index contributed by atoms with van der Waals surface area (Å²) in [6.45, 7) is 13.7. The van der Waals surface area contributed by atoms with Crippen molar-refractivity contribution in [3.63, 3.8) is 0 Å². The first kappa shape index (κ1) is 33.8. The van der Waals surface area contributed by atoms with E-state index in [0.29, 0.717) is 0 Å². The minimum absolute atomic E-state index is 0.109. The molecule has 0 saturated heterocycles. The number of rotatable bonds is 4. The third-order valence-electron chi connectivity index (χ3n) is 11.4. The van der Waals surface area contributed by atoms with Gasteiger partial charge in [-0.2, -0.15) is 0 Å². The van der Waals surface area contributed by atoms with Crippen LogP contribution in [0, 0.1) is 0 Å². The lowest BCUT2D eigenvalue weighted by Gasteiger charge is -2.21. The van der Waals surface area contributed by atoms with Crippen LogP contribution in [0.15, 0.2) is 170 Å². The maximum Gasteiger partial charge on any atom is -0.00264 e. The van der Waals surface area contributed by atoms with Gasteiger partial charge in [-0.1, -0.05) is 211 Å². The molecule has 0 heteroatoms. The molecule has 0 radical (unpaired) electrons. The zero-order valence-electron chi connectivity index (χ0n) is 32.2. The normalized spacial score (nSPS) is 12.3. The largest absolute Gasteiger partial charge is 0.0616 e. The molecule has 54 heavy (non-hydrogen) atoms. The molecule has 0 aliphatic carbocycles. The van der Waals surface area contributed by atoms with Crippen molar-refractivity contribution >= 4 is 43.1 Å². The SMILES string of the molecule is CC(C)(C)c1ccc(-c2c3ccccc3c(-c3ccc(-c4c5ccccc5c(-c5ccc(C(C)(C)C)cc5)c5ccccc45)cc3)c3ccccc23)cc1. The first-order valence-electron chi connectivity index (χ1n) is 19.3. The molecule has 9 aromatic carbocycles. The summed E-state index contributed by atoms with van der Waals surface area (Å²) >= 11 is 0. The third kappa shape index (κ3) is 5.69. The molecule has 0 atom stereocenters. The van der Waals surface area contributed by atoms with Crippen molar-refractivity contribution in [2.45, 2.75) is 52.4 Å². The Balaban J connectivity index is 1.22. The Labute approximate surface area is 319 Å². The highest BCUT2D eigenvalue weighted by Gasteiger charge is 2.21. The summed E-state index contributed by atoms with van der Waals surface area (Å²) in [6.07, 6.45) is 0. The molecule has 9 aromatic rings. The van der Waals surface area contributed by atoms with Crippen molar-refractivity contribution in [1.82, 2.24) is 0 Å². The molecule has 0 saturated carbocycles. The highest BCUT2D eigenvalue weighted by atomic mass is 14.2. The molecule has 0 heterocycles. The van der Waals surface area contributed by atoms with E-state index in [-0.39, 0.29) is 10.8 Å². The summed E-state index contributed by atoms with van der Waals surface area (Å²) in [5.41, 5.74) is 13.0. The molecule has 0 nitrogen and oxygen atoms in total. The van der Waals surface area contributed by atoms with E-state index >= 15 is 0 Å². The van der Waals surface area contributed by atoms with Crippen LogP contribution in [0.5, 0.6) is 0 Å². The average Bonchev–Trinajstić information content (AvgIpc) is 3.18. The highest BCUT2D eigenvalue weighted by Crippen LogP contribution is 2.47. The molecule has 0 unspecified atom stereocenters. The second-order valence-electron chi connectivity index (χ2n) is 16.9. The van der Waals surface area contributed by atoms with Crippen molar-refractivity contribution in [2.75, 3.05) is 0 Å². The lowest BCUT2D eigenvalue weighted by atomic mass is 9.82. The van der Waals surface area contributed by atoms with Crippen molar-refractivity contribution in [3.05, 3.63) is 181 Å². The van der Waals surface area contributed by atoms with Gasteiger partial charge < -0.3 is 0 Å². The molecule has 0 amide bonds. The Kier molecular flexibility index (Phi) is 8.05. The van der Waals surface area contributed by atoms with Gasteiger partial charge in [-0.3, -0.25) is 0 Å². The first-order chi connectivity index (χ1) is 26.1. The van der Waals surface area contributed by atoms with Gasteiger partial charge in [-0.25, -0.2) is 0 Å². The average molecular weight is 695 g/mol. The third-order valence-corrected chi connectivity index (χ3v) is 11.4. The van der Waals surface area contributed by atoms with Crippen LogP contribution < -0.4 is 0 Å². The maximum atomic E-state index is 2.34. The Hall–Kier alpha value is -5.98. The summed E-state index contributed by atoms with van der Waals surface area (Å²) in [7, 11) is 0. The summed E-state index contributed by atoms with van der Waals surface area (Å²) in [4.78, 5) is 0. The van der Waals surface area contributed by atoms with E-state index in [1.54, 1.807) is 0 Å². The van der Waals surface area contributed by atoms with E-state index in [4.69, 9.17) is 0 Å². The summed E-state index contributed by atoms with van der Waals surface area (Å²) in [5, 5.41) is 10.2. The molecule has 9 rings (SSSR count). The molecule has 262 valence electrons. The fourth-order valence-electron chi connectivity index (χ4n) is 8.58. The van der Waals surface area contributed by atoms with Crippen molar-refractivity contribution in [2.24, 2.45) is 0 Å². The summed E-state index contributed by atoms with van der Waals surface area (Å²) in [6, 6.07) is 63.6. The van der Waals surface area contributed by atoms with Crippen LogP contribution in [0.25, 0.3) is 87.6 Å². The number of hydrogen-bond donors (Lipinski definition) is 0. The van der Waals surface area contributed by atoms with Gasteiger partial charge in [0, 0.05) is 0 Å². The van der Waals surface area contributed by atoms with Crippen molar-refractivity contribution in [1.29, 1.82) is 0 Å². The van der Waals surface area contributed by atoms with Crippen molar-refractivity contribution in [3.8, 4) is 44.5 Å². The number of fused-ring (bicyclic) bond motifs is 4. The van der Waals surface area contributed by atoms with Crippen LogP contribution in [0.3, 0.4) is 0 Å². The lowest BCUT2D eigenvalue weighted by Crippen LogP contribution is -2.10. The number of benzene rings is 9. The predicted molar refractivity (Wildman–Crippen MR) is 236 cm³/mol. The van der Waals surface area contributed by atoms with E-state index in [1.165, 1.54) is 98.7 Å². The molecule has 0 aliphatic rings. The van der Waals surface area contributed by atoms with Crippen molar-refractivity contribution < 1.29 is 0 Å². The maximum absolute atomic E-state index is 2.34. The Morgan fingerprint density at radius 3 is 0.556 bits per heavy atom. The zero-order chi connectivity index (χ0) is 37.2. The molecule has 0 N–H and O–H groups in total. The van der Waals surface area contributed by atoms with Crippen LogP contribution in [-0.4, -0.2) is 0 Å². The molecular weight excluding hydrogens is 649 g/mol. The molecule has 0 fully saturated rings. The van der Waals surface area contributed by atoms with E-state index in [2.05, 4.69) is 211 Å². The molecule has 0 bridgehead atoms. The minimum Gasteiger partial charge on any atom is -0.0616 e. The topological polar surface area (TPSA) is 0 Å². The first-order valence-corrected chi connectivity index (χ1v) is 19.3. The second kappa shape index (κ2) is 12.9. The van der Waals surface area contributed by atoms with Crippen LogP contribution in [0.4, 0.5) is 0 Å². The Morgan fingerprint density at radius 1 is 0.222 bits per heavy atom. The van der Waals surface area contributed by atoms with E-state index in [0.717, 1.165) is 0 Å². The van der Waals surface area contributed by atoms with Gasteiger partial charge in [0.05, 0.1) is 0 Å². The van der Waals surface area contributed by atoms with E-state index in [1.807, 2.05) is 0 Å². The van der Waals surface area contributed by atoms with Crippen LogP contribution in [0.2, 0.25) is 0 Å². The van der Waals surface area contributed by atoms with Crippen LogP contribution >= 0.6 is 0 Å². The molecule has 0 spiro atoms. The number of hydrogen-bond acceptors (Lipinski definition) is 0. The lowest BCUT2D eigenvalue weighted by molar-refractivity contribution is 0.590. The summed E-state index contributed by atoms with van der Waals surface area (Å²) < 4.78 is 0. The Bertz CT molecular complexity index is 2520. The van der Waals surface area contributed by atoms with E-state index in [9.17, 15) is 0 Å². The fourth-order valence-corrected chi connectivity index (χ4v) is 8.58. The predicted octanol–water partition coefficient (Wildman–Crippen LogP) is 15.6. The van der Waals surface area contributed by atoms with Gasteiger partial charge in [0.1, 0.15) is 0 Å². The fraction of sp³-hybridized carbons (Fsp3) is 0.148. The van der Waals surface area contributed by atoms with Gasteiger partial charge in [0.25, 0.3) is 0 Å². The highest BCUT2D eigenvalue weighted by molar-refractivity contribution is 6.23. The van der Waals surface area contributed by atoms with Gasteiger partial charge in [0.2, 0.25) is 0 Å². The molecule has 0 aliphatic heterocycles. The monoisotopic (exact) mass is 694 g/mol. The summed E-state index contributed by atoms with van der Waals surface area (Å²) in [5.74, 6) is 0. The van der Waals surface area contributed by atoms with Gasteiger partial charge in [-0.05, 0) is 110 Å². The van der Waals surface area contributed by atoms with Crippen LogP contribution in [0.1, 0.15) is 52.7 Å². The quantitative estimate of drug-likeness (QED) is 0.161. The Morgan fingerprint density at radius 2 is 0.389 bits per heavy atom. The zero-order valence-corrected chi connectivity index (χ0v) is 32.2. The van der Waals surface area contributed by atoms with Gasteiger partial charge >= 0.3 is 0 Å². The molecular formula is C54H46. The van der Waals surface area contributed by atoms with Gasteiger partial charge in [-0.15, -0.1) is 0 Å².